The van der Waals surface area contributed by atoms with Gasteiger partial charge in [-0.3, -0.25) is 14.7 Å². The van der Waals surface area contributed by atoms with Crippen molar-refractivity contribution in [1.29, 1.82) is 0 Å². The highest BCUT2D eigenvalue weighted by Crippen LogP contribution is 2.23. The van der Waals surface area contributed by atoms with Crippen molar-refractivity contribution in [3.63, 3.8) is 0 Å². The number of aromatic amines is 1. The van der Waals surface area contributed by atoms with E-state index in [1.165, 1.54) is 11.3 Å². The van der Waals surface area contributed by atoms with E-state index in [0.717, 1.165) is 66.9 Å². The van der Waals surface area contributed by atoms with Gasteiger partial charge in [0.25, 0.3) is 5.91 Å². The van der Waals surface area contributed by atoms with Crippen LogP contribution >= 0.6 is 11.3 Å². The number of piperidine rings is 1. The van der Waals surface area contributed by atoms with Gasteiger partial charge in [-0.05, 0) is 49.6 Å². The van der Waals surface area contributed by atoms with Crippen LogP contribution in [0.4, 0.5) is 0 Å². The first-order chi connectivity index (χ1) is 16.1. The van der Waals surface area contributed by atoms with E-state index in [9.17, 15) is 9.59 Å². The predicted octanol–water partition coefficient (Wildman–Crippen LogP) is 4.86. The third kappa shape index (κ3) is 6.11. The molecule has 0 radical (unpaired) electrons. The van der Waals surface area contributed by atoms with Crippen LogP contribution in [-0.4, -0.2) is 58.5 Å². The molecule has 1 aliphatic heterocycles. The number of rotatable bonds is 9. The molecule has 6 nitrogen and oxygen atoms in total. The van der Waals surface area contributed by atoms with Crippen LogP contribution in [0.3, 0.4) is 0 Å². The van der Waals surface area contributed by atoms with E-state index in [-0.39, 0.29) is 17.7 Å². The summed E-state index contributed by atoms with van der Waals surface area (Å²) in [6.07, 6.45) is 5.62. The number of aromatic nitrogens is 2. The quantitative estimate of drug-likeness (QED) is 0.460. The molecule has 3 aromatic rings. The van der Waals surface area contributed by atoms with Crippen molar-refractivity contribution in [2.45, 2.75) is 38.5 Å². The highest BCUT2D eigenvalue weighted by molar-refractivity contribution is 7.12. The van der Waals surface area contributed by atoms with E-state index in [4.69, 9.17) is 0 Å². The number of H-pyrrole nitrogens is 1. The van der Waals surface area contributed by atoms with Gasteiger partial charge in [0.15, 0.2) is 0 Å². The number of benzene rings is 1. The summed E-state index contributed by atoms with van der Waals surface area (Å²) in [4.78, 5) is 29.9. The number of thiophene rings is 1. The number of nitrogens with one attached hydrogen (secondary N) is 1. The third-order valence-electron chi connectivity index (χ3n) is 6.38. The molecule has 0 unspecified atom stereocenters. The van der Waals surface area contributed by atoms with E-state index < -0.39 is 0 Å². The van der Waals surface area contributed by atoms with Gasteiger partial charge in [-0.15, -0.1) is 11.3 Å². The minimum absolute atomic E-state index is 0.0313. The zero-order valence-corrected chi connectivity index (χ0v) is 20.0. The molecule has 2 aromatic heterocycles. The molecule has 174 valence electrons. The smallest absolute Gasteiger partial charge is 0.263 e. The van der Waals surface area contributed by atoms with Crippen molar-refractivity contribution >= 4 is 23.2 Å². The molecular formula is C26H32N4O2S. The minimum Gasteiger partial charge on any atom is -0.346 e. The summed E-state index contributed by atoms with van der Waals surface area (Å²) in [5.74, 6) is 0.348. The van der Waals surface area contributed by atoms with Crippen LogP contribution in [-0.2, 0) is 11.2 Å². The van der Waals surface area contributed by atoms with Crippen LogP contribution in [0.25, 0.3) is 11.3 Å². The Kier molecular flexibility index (Phi) is 7.94. The van der Waals surface area contributed by atoms with Gasteiger partial charge in [-0.25, -0.2) is 0 Å². The Balaban J connectivity index is 1.13. The summed E-state index contributed by atoms with van der Waals surface area (Å²) < 4.78 is 0. The first kappa shape index (κ1) is 23.2. The zero-order chi connectivity index (χ0) is 23.0. The Morgan fingerprint density at radius 3 is 2.61 bits per heavy atom. The van der Waals surface area contributed by atoms with E-state index >= 15 is 0 Å². The first-order valence-corrected chi connectivity index (χ1v) is 12.7. The molecule has 0 saturated carbocycles. The third-order valence-corrected chi connectivity index (χ3v) is 7.24. The van der Waals surface area contributed by atoms with Crippen molar-refractivity contribution in [1.82, 2.24) is 20.0 Å². The molecule has 1 aliphatic rings. The number of amides is 2. The summed E-state index contributed by atoms with van der Waals surface area (Å²) in [5.41, 5.74) is 3.27. The maximum Gasteiger partial charge on any atom is 0.263 e. The van der Waals surface area contributed by atoms with Crippen molar-refractivity contribution in [3.05, 3.63) is 64.5 Å². The number of carbonyl (C=O) groups excluding carboxylic acids is 2. The van der Waals surface area contributed by atoms with Gasteiger partial charge >= 0.3 is 0 Å². The minimum atomic E-state index is 0.0313. The summed E-state index contributed by atoms with van der Waals surface area (Å²) >= 11 is 1.48. The topological polar surface area (TPSA) is 69.3 Å². The van der Waals surface area contributed by atoms with Gasteiger partial charge < -0.3 is 9.80 Å². The number of carbonyl (C=O) groups is 2. The van der Waals surface area contributed by atoms with Crippen LogP contribution in [0.15, 0.2) is 53.9 Å². The number of hydrogen-bond donors (Lipinski definition) is 1. The van der Waals surface area contributed by atoms with Crippen LogP contribution in [0.2, 0.25) is 0 Å². The maximum atomic E-state index is 12.8. The van der Waals surface area contributed by atoms with Crippen molar-refractivity contribution < 1.29 is 9.59 Å². The Bertz CT molecular complexity index is 1020. The molecule has 0 atom stereocenters. The summed E-state index contributed by atoms with van der Waals surface area (Å²) in [6, 6.07) is 16.1. The number of likely N-dealkylation sites (tertiary alicyclic amines) is 1. The highest BCUT2D eigenvalue weighted by atomic mass is 32.1. The normalized spacial score (nSPS) is 14.4. The summed E-state index contributed by atoms with van der Waals surface area (Å²) in [6.45, 7) is 2.11. The van der Waals surface area contributed by atoms with Gasteiger partial charge in [0.2, 0.25) is 5.91 Å². The van der Waals surface area contributed by atoms with Gasteiger partial charge in [0, 0.05) is 43.9 Å². The number of nitrogens with zero attached hydrogens (tertiary/aromatic N) is 3. The fourth-order valence-electron chi connectivity index (χ4n) is 4.40. The zero-order valence-electron chi connectivity index (χ0n) is 19.2. The van der Waals surface area contributed by atoms with Crippen LogP contribution in [0, 0.1) is 5.92 Å². The van der Waals surface area contributed by atoms with Gasteiger partial charge in [-0.1, -0.05) is 42.8 Å². The van der Waals surface area contributed by atoms with Crippen LogP contribution < -0.4 is 0 Å². The molecule has 0 aliphatic carbocycles. The maximum absolute atomic E-state index is 12.8. The largest absolute Gasteiger partial charge is 0.346 e. The Hall–Kier alpha value is -2.93. The molecule has 1 aromatic carbocycles. The fourth-order valence-corrected chi connectivity index (χ4v) is 5.09. The molecule has 1 saturated heterocycles. The van der Waals surface area contributed by atoms with E-state index in [1.54, 1.807) is 0 Å². The second-order valence-corrected chi connectivity index (χ2v) is 9.71. The average molecular weight is 465 g/mol. The molecule has 0 bridgehead atoms. The molecule has 0 spiro atoms. The van der Waals surface area contributed by atoms with E-state index in [0.29, 0.717) is 13.1 Å². The lowest BCUT2D eigenvalue weighted by atomic mass is 9.95. The molecular weight excluding hydrogens is 432 g/mol. The number of hydrogen-bond acceptors (Lipinski definition) is 4. The molecule has 33 heavy (non-hydrogen) atoms. The molecule has 7 heteroatoms. The van der Waals surface area contributed by atoms with Crippen molar-refractivity contribution in [2.75, 3.05) is 26.7 Å². The first-order valence-electron chi connectivity index (χ1n) is 11.8. The average Bonchev–Trinajstić information content (AvgIpc) is 3.56. The Labute approximate surface area is 199 Å². The lowest BCUT2D eigenvalue weighted by Crippen LogP contribution is -2.43. The predicted molar refractivity (Wildman–Crippen MR) is 132 cm³/mol. The standard InChI is InChI=1S/C26H32N4O2S/c1-29(25(31)21-13-16-30(17-14-21)26(32)24-12-8-18-33-24)15-7-3-6-11-22-19-23(28-27-22)20-9-4-2-5-10-20/h2,4-5,8-10,12,18-19,21H,3,6-7,11,13-17H2,1H3,(H,27,28). The second-order valence-electron chi connectivity index (χ2n) is 8.76. The number of unbranched alkanes of at least 4 members (excludes halogenated alkanes) is 2. The summed E-state index contributed by atoms with van der Waals surface area (Å²) in [5, 5.41) is 9.49. The van der Waals surface area contributed by atoms with Crippen molar-refractivity contribution in [3.8, 4) is 11.3 Å². The van der Waals surface area contributed by atoms with Gasteiger partial charge in [0.1, 0.15) is 0 Å². The SMILES string of the molecule is CN(CCCCCc1cc(-c2ccccc2)n[nH]1)C(=O)C1CCN(C(=O)c2cccs2)CC1. The van der Waals surface area contributed by atoms with E-state index in [1.807, 2.05) is 52.6 Å². The molecule has 1 fully saturated rings. The fraction of sp³-hybridized carbons (Fsp3) is 0.423. The van der Waals surface area contributed by atoms with Crippen molar-refractivity contribution in [2.24, 2.45) is 5.92 Å². The molecule has 3 heterocycles. The second kappa shape index (κ2) is 11.3. The van der Waals surface area contributed by atoms with Gasteiger partial charge in [0.05, 0.1) is 10.6 Å². The lowest BCUT2D eigenvalue weighted by Gasteiger charge is -2.33. The Morgan fingerprint density at radius 1 is 1.09 bits per heavy atom. The Morgan fingerprint density at radius 2 is 1.88 bits per heavy atom. The lowest BCUT2D eigenvalue weighted by molar-refractivity contribution is -0.135. The van der Waals surface area contributed by atoms with Crippen LogP contribution in [0.1, 0.15) is 47.5 Å². The molecule has 1 N–H and O–H groups in total. The molecule has 2 amide bonds. The summed E-state index contributed by atoms with van der Waals surface area (Å²) in [7, 11) is 1.91. The highest BCUT2D eigenvalue weighted by Gasteiger charge is 2.29. The van der Waals surface area contributed by atoms with Gasteiger partial charge in [-0.2, -0.15) is 5.10 Å². The molecule has 4 rings (SSSR count). The van der Waals surface area contributed by atoms with Crippen LogP contribution in [0.5, 0.6) is 0 Å². The van der Waals surface area contributed by atoms with E-state index in [2.05, 4.69) is 28.4 Å². The monoisotopic (exact) mass is 464 g/mol. The number of aryl methyl sites for hydroxylation is 1.